The number of aliphatic hydroxyl groups excluding tert-OH is 1. The van der Waals surface area contributed by atoms with Crippen LogP contribution in [0.5, 0.6) is 0 Å². The molecule has 2 aromatic rings. The van der Waals surface area contributed by atoms with Crippen LogP contribution in [0.3, 0.4) is 0 Å². The topological polar surface area (TPSA) is 95.3 Å². The van der Waals surface area contributed by atoms with Crippen LogP contribution in [0.1, 0.15) is 25.7 Å². The molecule has 2 unspecified atom stereocenters. The molecule has 2 atom stereocenters. The highest BCUT2D eigenvalue weighted by molar-refractivity contribution is 5.42. The number of aliphatic hydroxyl groups is 1. The highest BCUT2D eigenvalue weighted by Crippen LogP contribution is 2.29. The van der Waals surface area contributed by atoms with Crippen molar-refractivity contribution in [3.63, 3.8) is 0 Å². The summed E-state index contributed by atoms with van der Waals surface area (Å²) in [5.74, 6) is 1.49. The summed E-state index contributed by atoms with van der Waals surface area (Å²) < 4.78 is 1.24. The lowest BCUT2D eigenvalue weighted by Crippen LogP contribution is -2.29. The number of hydrogen-bond acceptors (Lipinski definition) is 5. The minimum absolute atomic E-state index is 0.250. The third kappa shape index (κ3) is 2.53. The first-order valence-electron chi connectivity index (χ1n) is 7.07. The monoisotopic (exact) mass is 277 g/mol. The van der Waals surface area contributed by atoms with Crippen LogP contribution in [0.2, 0.25) is 0 Å². The minimum Gasteiger partial charge on any atom is -0.396 e. The Labute approximate surface area is 116 Å². The van der Waals surface area contributed by atoms with E-state index >= 15 is 0 Å². The molecule has 1 fully saturated rings. The van der Waals surface area contributed by atoms with E-state index in [-0.39, 0.29) is 12.3 Å². The average Bonchev–Trinajstić information content (AvgIpc) is 2.86. The first-order chi connectivity index (χ1) is 9.78. The largest absolute Gasteiger partial charge is 0.396 e. The summed E-state index contributed by atoms with van der Waals surface area (Å²) in [5.41, 5.74) is 0.168. The number of rotatable bonds is 4. The fourth-order valence-electron chi connectivity index (χ4n) is 2.93. The van der Waals surface area contributed by atoms with E-state index in [1.54, 1.807) is 6.07 Å². The molecule has 0 saturated heterocycles. The molecule has 2 heterocycles. The van der Waals surface area contributed by atoms with E-state index in [0.717, 1.165) is 19.4 Å². The van der Waals surface area contributed by atoms with Gasteiger partial charge in [0.2, 0.25) is 0 Å². The molecule has 0 aromatic carbocycles. The number of fused-ring (bicyclic) bond motifs is 1. The van der Waals surface area contributed by atoms with Crippen LogP contribution in [-0.4, -0.2) is 38.1 Å². The maximum atomic E-state index is 11.5. The molecular formula is C13H19N5O2. The molecule has 3 rings (SSSR count). The van der Waals surface area contributed by atoms with Crippen molar-refractivity contribution < 1.29 is 5.11 Å². The van der Waals surface area contributed by atoms with Crippen molar-refractivity contribution in [2.24, 2.45) is 11.8 Å². The number of nitrogens with zero attached hydrogens (tertiary/aromatic N) is 3. The lowest BCUT2D eigenvalue weighted by Gasteiger charge is -2.30. The predicted molar refractivity (Wildman–Crippen MR) is 74.6 cm³/mol. The maximum Gasteiger partial charge on any atom is 0.364 e. The minimum atomic E-state index is -0.338. The Hall–Kier alpha value is -1.89. The summed E-state index contributed by atoms with van der Waals surface area (Å²) in [5, 5.41) is 23.1. The zero-order valence-electron chi connectivity index (χ0n) is 11.2. The molecule has 1 saturated carbocycles. The number of aromatic amines is 1. The molecule has 0 spiro atoms. The quantitative estimate of drug-likeness (QED) is 0.762. The smallest absolute Gasteiger partial charge is 0.364 e. The molecule has 1 aliphatic carbocycles. The predicted octanol–water partition coefficient (Wildman–Crippen LogP) is 0.628. The van der Waals surface area contributed by atoms with Crippen molar-refractivity contribution in [3.8, 4) is 0 Å². The van der Waals surface area contributed by atoms with E-state index in [0.29, 0.717) is 23.3 Å². The Balaban J connectivity index is 1.69. The van der Waals surface area contributed by atoms with Crippen molar-refractivity contribution in [2.45, 2.75) is 25.7 Å². The lowest BCUT2D eigenvalue weighted by molar-refractivity contribution is 0.141. The van der Waals surface area contributed by atoms with Crippen LogP contribution in [0.25, 0.3) is 5.65 Å². The molecule has 1 aliphatic rings. The Kier molecular flexibility index (Phi) is 3.68. The van der Waals surface area contributed by atoms with Crippen LogP contribution in [-0.2, 0) is 0 Å². The summed E-state index contributed by atoms with van der Waals surface area (Å²) in [6, 6.07) is 3.56. The van der Waals surface area contributed by atoms with Crippen molar-refractivity contribution in [1.29, 1.82) is 0 Å². The molecule has 20 heavy (non-hydrogen) atoms. The van der Waals surface area contributed by atoms with E-state index in [4.69, 9.17) is 0 Å². The van der Waals surface area contributed by atoms with E-state index in [2.05, 4.69) is 20.6 Å². The second-order valence-electron chi connectivity index (χ2n) is 5.39. The fourth-order valence-corrected chi connectivity index (χ4v) is 2.93. The molecule has 0 radical (unpaired) electrons. The molecule has 0 aliphatic heterocycles. The summed E-state index contributed by atoms with van der Waals surface area (Å²) in [6.45, 7) is 1.02. The van der Waals surface area contributed by atoms with E-state index < -0.39 is 0 Å². The number of aromatic nitrogens is 4. The number of nitrogens with one attached hydrogen (secondary N) is 2. The van der Waals surface area contributed by atoms with Crippen molar-refractivity contribution in [1.82, 2.24) is 19.8 Å². The van der Waals surface area contributed by atoms with Gasteiger partial charge in [-0.2, -0.15) is 9.61 Å². The SMILES string of the molecule is O=c1[nH]nc2ccc(NCC3CCCCC3CO)nn12. The normalized spacial score (nSPS) is 23.1. The van der Waals surface area contributed by atoms with Crippen molar-refractivity contribution in [3.05, 3.63) is 22.6 Å². The maximum absolute atomic E-state index is 11.5. The fraction of sp³-hybridized carbons (Fsp3) is 0.615. The lowest BCUT2D eigenvalue weighted by atomic mass is 9.79. The van der Waals surface area contributed by atoms with E-state index in [1.807, 2.05) is 6.07 Å². The number of anilines is 1. The standard InChI is InChI=1S/C13H19N5O2/c19-8-10-4-2-1-3-9(10)7-14-11-5-6-12-15-16-13(20)18(12)17-11/h5-6,9-10,19H,1-4,7-8H2,(H,14,17)(H,16,20). The molecule has 7 nitrogen and oxygen atoms in total. The van der Waals surface area contributed by atoms with E-state index in [9.17, 15) is 9.90 Å². The Morgan fingerprint density at radius 3 is 2.95 bits per heavy atom. The van der Waals surface area contributed by atoms with Gasteiger partial charge in [0.1, 0.15) is 5.82 Å². The van der Waals surface area contributed by atoms with Crippen LogP contribution >= 0.6 is 0 Å². The van der Waals surface area contributed by atoms with Gasteiger partial charge in [0, 0.05) is 13.2 Å². The van der Waals surface area contributed by atoms with Crippen LogP contribution in [0.15, 0.2) is 16.9 Å². The van der Waals surface area contributed by atoms with Gasteiger partial charge in [0.25, 0.3) is 0 Å². The first-order valence-corrected chi connectivity index (χ1v) is 7.07. The molecule has 108 valence electrons. The summed E-state index contributed by atoms with van der Waals surface area (Å²) in [4.78, 5) is 11.5. The Bertz CT molecular complexity index is 635. The molecule has 0 bridgehead atoms. The number of H-pyrrole nitrogens is 1. The summed E-state index contributed by atoms with van der Waals surface area (Å²) >= 11 is 0. The zero-order chi connectivity index (χ0) is 13.9. The van der Waals surface area contributed by atoms with Gasteiger partial charge in [0.05, 0.1) is 0 Å². The van der Waals surface area contributed by atoms with Gasteiger partial charge in [0.15, 0.2) is 5.65 Å². The van der Waals surface area contributed by atoms with Gasteiger partial charge in [-0.05, 0) is 36.8 Å². The van der Waals surface area contributed by atoms with Crippen molar-refractivity contribution in [2.75, 3.05) is 18.5 Å². The highest BCUT2D eigenvalue weighted by atomic mass is 16.3. The zero-order valence-corrected chi connectivity index (χ0v) is 11.2. The van der Waals surface area contributed by atoms with Gasteiger partial charge >= 0.3 is 5.69 Å². The Morgan fingerprint density at radius 1 is 1.35 bits per heavy atom. The second kappa shape index (κ2) is 5.62. The summed E-state index contributed by atoms with van der Waals surface area (Å²) in [7, 11) is 0. The molecule has 2 aromatic heterocycles. The third-order valence-corrected chi connectivity index (χ3v) is 4.12. The van der Waals surface area contributed by atoms with Gasteiger partial charge in [-0.1, -0.05) is 12.8 Å². The second-order valence-corrected chi connectivity index (χ2v) is 5.39. The van der Waals surface area contributed by atoms with Crippen molar-refractivity contribution >= 4 is 11.5 Å². The average molecular weight is 277 g/mol. The number of hydrogen-bond donors (Lipinski definition) is 3. The highest BCUT2D eigenvalue weighted by Gasteiger charge is 2.24. The van der Waals surface area contributed by atoms with Gasteiger partial charge in [-0.15, -0.1) is 5.10 Å². The van der Waals surface area contributed by atoms with Crippen LogP contribution in [0.4, 0.5) is 5.82 Å². The molecular weight excluding hydrogens is 258 g/mol. The molecule has 0 amide bonds. The third-order valence-electron chi connectivity index (χ3n) is 4.12. The summed E-state index contributed by atoms with van der Waals surface area (Å²) in [6.07, 6.45) is 4.65. The van der Waals surface area contributed by atoms with E-state index in [1.165, 1.54) is 17.4 Å². The van der Waals surface area contributed by atoms with Crippen LogP contribution in [0, 0.1) is 11.8 Å². The van der Waals surface area contributed by atoms with Crippen LogP contribution < -0.4 is 11.0 Å². The molecule has 3 N–H and O–H groups in total. The molecule has 7 heteroatoms. The van der Waals surface area contributed by atoms with Gasteiger partial charge < -0.3 is 10.4 Å². The Morgan fingerprint density at radius 2 is 2.15 bits per heavy atom. The van der Waals surface area contributed by atoms with Gasteiger partial charge in [-0.3, -0.25) is 0 Å². The van der Waals surface area contributed by atoms with Gasteiger partial charge in [-0.25, -0.2) is 9.89 Å². The first kappa shape index (κ1) is 13.1.